The number of pyridine rings is 1. The molecule has 7 nitrogen and oxygen atoms in total. The van der Waals surface area contributed by atoms with E-state index in [-0.39, 0.29) is 23.1 Å². The maximum atomic E-state index is 13.2. The Balaban J connectivity index is 1.76. The van der Waals surface area contributed by atoms with Gasteiger partial charge in [-0.3, -0.25) is 19.1 Å². The predicted molar refractivity (Wildman–Crippen MR) is 130 cm³/mol. The molecule has 3 saturated heterocycles. The lowest BCUT2D eigenvalue weighted by molar-refractivity contribution is -0.123. The second-order valence-corrected chi connectivity index (χ2v) is 10.6. The van der Waals surface area contributed by atoms with Gasteiger partial charge in [0.25, 0.3) is 11.5 Å². The van der Waals surface area contributed by atoms with E-state index in [1.165, 1.54) is 11.8 Å². The third-order valence-electron chi connectivity index (χ3n) is 5.84. The van der Waals surface area contributed by atoms with Gasteiger partial charge < -0.3 is 9.64 Å². The topological polar surface area (TPSA) is 78.6 Å². The van der Waals surface area contributed by atoms with Crippen molar-refractivity contribution in [2.75, 3.05) is 42.6 Å². The first kappa shape index (κ1) is 22.4. The highest BCUT2D eigenvalue weighted by Crippen LogP contribution is 2.36. The van der Waals surface area contributed by atoms with Crippen LogP contribution in [-0.4, -0.2) is 63.5 Å². The van der Waals surface area contributed by atoms with Gasteiger partial charge in [-0.15, -0.1) is 0 Å². The normalized spacial score (nSPS) is 23.1. The third kappa shape index (κ3) is 4.29. The first-order valence-electron chi connectivity index (χ1n) is 10.3. The molecule has 3 fully saturated rings. The lowest BCUT2D eigenvalue weighted by Gasteiger charge is -2.32. The zero-order valence-corrected chi connectivity index (χ0v) is 20.0. The van der Waals surface area contributed by atoms with Gasteiger partial charge in [0, 0.05) is 43.8 Å². The van der Waals surface area contributed by atoms with Gasteiger partial charge in [-0.1, -0.05) is 24.0 Å². The molecular formula is C21H24N4O3S3. The zero-order chi connectivity index (χ0) is 22.1. The van der Waals surface area contributed by atoms with Crippen LogP contribution < -0.4 is 10.5 Å². The molecule has 0 saturated carbocycles. The number of anilines is 1. The minimum Gasteiger partial charge on any atom is -0.376 e. The van der Waals surface area contributed by atoms with E-state index in [0.717, 1.165) is 55.4 Å². The van der Waals surface area contributed by atoms with E-state index >= 15 is 0 Å². The molecule has 0 N–H and O–H groups in total. The summed E-state index contributed by atoms with van der Waals surface area (Å²) in [6, 6.07) is 2.05. The van der Waals surface area contributed by atoms with Crippen molar-refractivity contribution in [2.24, 2.45) is 7.05 Å². The van der Waals surface area contributed by atoms with Crippen LogP contribution in [0, 0.1) is 18.3 Å². The van der Waals surface area contributed by atoms with Gasteiger partial charge in [-0.05, 0) is 31.4 Å². The summed E-state index contributed by atoms with van der Waals surface area (Å²) in [5.41, 5.74) is 1.14. The molecule has 0 aromatic carbocycles. The molecule has 1 aromatic heterocycles. The van der Waals surface area contributed by atoms with E-state index < -0.39 is 0 Å². The van der Waals surface area contributed by atoms with Crippen LogP contribution in [0.25, 0.3) is 6.08 Å². The molecule has 3 aliphatic heterocycles. The van der Waals surface area contributed by atoms with Crippen LogP contribution in [0.2, 0.25) is 0 Å². The molecule has 4 heterocycles. The molecule has 1 atom stereocenters. The maximum absolute atomic E-state index is 13.2. The number of nitriles is 1. The standard InChI is InChI=1S/C21H24N4O3S3/c1-13-15(10-17-20(27)25(21(29)31-17)12-14-4-3-7-28-14)18(24-5-8-30-9-6-24)23(2)19(26)16(13)11-22/h10,14H,3-9,12H2,1-2H3/b17-10-. The van der Waals surface area contributed by atoms with Gasteiger partial charge in [-0.2, -0.15) is 17.0 Å². The number of nitrogens with zero attached hydrogens (tertiary/aromatic N) is 4. The van der Waals surface area contributed by atoms with Crippen molar-refractivity contribution < 1.29 is 9.53 Å². The number of hydrogen-bond acceptors (Lipinski definition) is 8. The van der Waals surface area contributed by atoms with Crippen LogP contribution in [0.1, 0.15) is 29.5 Å². The molecule has 0 bridgehead atoms. The number of aromatic nitrogens is 1. The van der Waals surface area contributed by atoms with Gasteiger partial charge in [0.1, 0.15) is 21.8 Å². The SMILES string of the molecule is Cc1c(/C=C2\SC(=S)N(CC3CCCO3)C2=O)c(N2CCSCC2)n(C)c(=O)c1C#N. The minimum absolute atomic E-state index is 0.0211. The first-order chi connectivity index (χ1) is 14.9. The molecule has 0 spiro atoms. The van der Waals surface area contributed by atoms with E-state index in [9.17, 15) is 14.9 Å². The second kappa shape index (κ2) is 9.36. The highest BCUT2D eigenvalue weighted by atomic mass is 32.2. The maximum Gasteiger partial charge on any atom is 0.270 e. The Hall–Kier alpha value is -1.80. The van der Waals surface area contributed by atoms with Crippen molar-refractivity contribution in [1.82, 2.24) is 9.47 Å². The number of amides is 1. The zero-order valence-electron chi connectivity index (χ0n) is 17.5. The number of carbonyl (C=O) groups is 1. The number of ether oxygens (including phenoxy) is 1. The summed E-state index contributed by atoms with van der Waals surface area (Å²) < 4.78 is 7.74. The first-order valence-corrected chi connectivity index (χ1v) is 12.6. The summed E-state index contributed by atoms with van der Waals surface area (Å²) in [4.78, 5) is 30.3. The quantitative estimate of drug-likeness (QED) is 0.485. The smallest absolute Gasteiger partial charge is 0.270 e. The Kier molecular flexibility index (Phi) is 6.77. The average Bonchev–Trinajstić information content (AvgIpc) is 3.37. The largest absolute Gasteiger partial charge is 0.376 e. The molecule has 4 rings (SSSR count). The number of hydrogen-bond donors (Lipinski definition) is 0. The van der Waals surface area contributed by atoms with Gasteiger partial charge in [0.05, 0.1) is 17.6 Å². The van der Waals surface area contributed by atoms with Crippen molar-refractivity contribution in [3.05, 3.63) is 31.9 Å². The molecule has 1 unspecified atom stereocenters. The Morgan fingerprint density at radius 1 is 1.32 bits per heavy atom. The monoisotopic (exact) mass is 476 g/mol. The molecule has 1 aromatic rings. The summed E-state index contributed by atoms with van der Waals surface area (Å²) in [6.07, 6.45) is 3.76. The van der Waals surface area contributed by atoms with Gasteiger partial charge >= 0.3 is 0 Å². The predicted octanol–water partition coefficient (Wildman–Crippen LogP) is 2.50. The molecule has 164 valence electrons. The number of rotatable bonds is 4. The highest BCUT2D eigenvalue weighted by molar-refractivity contribution is 8.26. The summed E-state index contributed by atoms with van der Waals surface area (Å²) in [5.74, 6) is 2.55. The van der Waals surface area contributed by atoms with Crippen LogP contribution in [0.3, 0.4) is 0 Å². The Morgan fingerprint density at radius 2 is 2.06 bits per heavy atom. The Labute approximate surface area is 195 Å². The highest BCUT2D eigenvalue weighted by Gasteiger charge is 2.35. The lowest BCUT2D eigenvalue weighted by atomic mass is 10.0. The van der Waals surface area contributed by atoms with E-state index in [4.69, 9.17) is 17.0 Å². The number of thiocarbonyl (C=S) groups is 1. The summed E-state index contributed by atoms with van der Waals surface area (Å²) in [7, 11) is 1.69. The van der Waals surface area contributed by atoms with Gasteiger partial charge in [0.2, 0.25) is 0 Å². The minimum atomic E-state index is -0.309. The second-order valence-electron chi connectivity index (χ2n) is 7.74. The summed E-state index contributed by atoms with van der Waals surface area (Å²) in [6.45, 7) is 4.59. The fourth-order valence-corrected chi connectivity index (χ4v) is 6.31. The molecule has 0 radical (unpaired) electrons. The third-order valence-corrected chi connectivity index (χ3v) is 8.16. The average molecular weight is 477 g/mol. The van der Waals surface area contributed by atoms with Crippen molar-refractivity contribution in [1.29, 1.82) is 5.26 Å². The Morgan fingerprint density at radius 3 is 2.71 bits per heavy atom. The van der Waals surface area contributed by atoms with Crippen molar-refractivity contribution in [3.8, 4) is 6.07 Å². The molecule has 3 aliphatic rings. The van der Waals surface area contributed by atoms with Crippen molar-refractivity contribution in [2.45, 2.75) is 25.9 Å². The van der Waals surface area contributed by atoms with Crippen LogP contribution in [0.5, 0.6) is 0 Å². The van der Waals surface area contributed by atoms with E-state index in [1.54, 1.807) is 23.4 Å². The summed E-state index contributed by atoms with van der Waals surface area (Å²) >= 11 is 8.63. The van der Waals surface area contributed by atoms with Crippen LogP contribution in [-0.2, 0) is 16.6 Å². The van der Waals surface area contributed by atoms with Crippen molar-refractivity contribution >= 4 is 57.9 Å². The Bertz CT molecular complexity index is 1050. The van der Waals surface area contributed by atoms with Crippen LogP contribution in [0.15, 0.2) is 9.70 Å². The fraction of sp³-hybridized carbons (Fsp3) is 0.524. The molecular weight excluding hydrogens is 452 g/mol. The van der Waals surface area contributed by atoms with E-state index in [2.05, 4.69) is 4.90 Å². The van der Waals surface area contributed by atoms with Gasteiger partial charge in [0.15, 0.2) is 0 Å². The molecule has 0 aliphatic carbocycles. The fourth-order valence-electron chi connectivity index (χ4n) is 4.15. The molecule has 10 heteroatoms. The lowest BCUT2D eigenvalue weighted by Crippen LogP contribution is -2.38. The molecule has 31 heavy (non-hydrogen) atoms. The van der Waals surface area contributed by atoms with Gasteiger partial charge in [-0.25, -0.2) is 0 Å². The van der Waals surface area contributed by atoms with E-state index in [1.807, 2.05) is 23.9 Å². The van der Waals surface area contributed by atoms with Crippen LogP contribution in [0.4, 0.5) is 5.82 Å². The van der Waals surface area contributed by atoms with Crippen LogP contribution >= 0.6 is 35.7 Å². The number of thioether (sulfide) groups is 2. The van der Waals surface area contributed by atoms with E-state index in [0.29, 0.717) is 21.3 Å². The van der Waals surface area contributed by atoms with Crippen molar-refractivity contribution in [3.63, 3.8) is 0 Å². The number of carbonyl (C=O) groups excluding carboxylic acids is 1. The summed E-state index contributed by atoms with van der Waals surface area (Å²) in [5, 5.41) is 9.59. The molecule has 1 amide bonds.